The van der Waals surface area contributed by atoms with Gasteiger partial charge in [-0.05, 0) is 54.1 Å². The number of aromatic nitrogens is 3. The van der Waals surface area contributed by atoms with E-state index in [9.17, 15) is 18.3 Å². The Morgan fingerprint density at radius 1 is 1.00 bits per heavy atom. The van der Waals surface area contributed by atoms with Crippen LogP contribution in [0.2, 0.25) is 0 Å². The molecule has 4 nitrogen and oxygen atoms in total. The van der Waals surface area contributed by atoms with Crippen LogP contribution in [0.4, 0.5) is 13.2 Å². The maximum absolute atomic E-state index is 13.0. The van der Waals surface area contributed by atoms with Crippen molar-refractivity contribution in [3.8, 4) is 17.0 Å². The summed E-state index contributed by atoms with van der Waals surface area (Å²) in [4.78, 5) is 9.04. The lowest BCUT2D eigenvalue weighted by atomic mass is 10.1. The summed E-state index contributed by atoms with van der Waals surface area (Å²) in [5.41, 5.74) is 1.72. The van der Waals surface area contributed by atoms with Gasteiger partial charge in [0.15, 0.2) is 0 Å². The van der Waals surface area contributed by atoms with Gasteiger partial charge in [0.25, 0.3) is 0 Å². The molecule has 0 saturated heterocycles. The second-order valence-electron chi connectivity index (χ2n) is 6.18. The van der Waals surface area contributed by atoms with Gasteiger partial charge in [0.2, 0.25) is 0 Å². The van der Waals surface area contributed by atoms with Crippen molar-refractivity contribution < 1.29 is 18.3 Å². The van der Waals surface area contributed by atoms with Crippen LogP contribution >= 0.6 is 11.8 Å². The van der Waals surface area contributed by atoms with Crippen LogP contribution in [0, 0.1) is 0 Å². The summed E-state index contributed by atoms with van der Waals surface area (Å²) in [5.74, 6) is 0.170. The van der Waals surface area contributed by atoms with Crippen LogP contribution < -0.4 is 0 Å². The Balaban J connectivity index is 1.77. The quantitative estimate of drug-likeness (QED) is 0.460. The number of fused-ring (bicyclic) bond motifs is 1. The highest BCUT2D eigenvalue weighted by Crippen LogP contribution is 2.37. The molecule has 142 valence electrons. The van der Waals surface area contributed by atoms with E-state index in [1.807, 2.05) is 17.7 Å². The Kier molecular flexibility index (Phi) is 4.50. The van der Waals surface area contributed by atoms with E-state index in [-0.39, 0.29) is 5.75 Å². The van der Waals surface area contributed by atoms with Gasteiger partial charge in [0, 0.05) is 11.9 Å². The fraction of sp³-hybridized carbons (Fsp3) is 0.100. The van der Waals surface area contributed by atoms with Gasteiger partial charge in [-0.3, -0.25) is 0 Å². The second-order valence-corrected chi connectivity index (χ2v) is 7.24. The monoisotopic (exact) mass is 401 g/mol. The van der Waals surface area contributed by atoms with E-state index in [0.717, 1.165) is 40.5 Å². The van der Waals surface area contributed by atoms with Gasteiger partial charge < -0.3 is 9.67 Å². The summed E-state index contributed by atoms with van der Waals surface area (Å²) in [7, 11) is 1.86. The molecule has 0 bridgehead atoms. The number of benzene rings is 2. The number of aromatic hydroxyl groups is 1. The Bertz CT molecular complexity index is 1150. The first-order chi connectivity index (χ1) is 13.3. The van der Waals surface area contributed by atoms with Crippen molar-refractivity contribution >= 4 is 22.8 Å². The fourth-order valence-corrected chi connectivity index (χ4v) is 3.87. The average molecular weight is 401 g/mol. The zero-order chi connectivity index (χ0) is 19.9. The predicted octanol–water partition coefficient (Wildman–Crippen LogP) is 5.51. The van der Waals surface area contributed by atoms with Gasteiger partial charge >= 0.3 is 6.18 Å². The van der Waals surface area contributed by atoms with Crippen LogP contribution in [0.15, 0.2) is 70.8 Å². The lowest BCUT2D eigenvalue weighted by Crippen LogP contribution is -2.04. The normalized spacial score (nSPS) is 11.9. The molecule has 4 rings (SSSR count). The topological polar surface area (TPSA) is 50.9 Å². The van der Waals surface area contributed by atoms with E-state index < -0.39 is 11.7 Å². The van der Waals surface area contributed by atoms with Crippen LogP contribution in [0.5, 0.6) is 5.75 Å². The molecule has 0 spiro atoms. The zero-order valence-electron chi connectivity index (χ0n) is 14.6. The minimum Gasteiger partial charge on any atom is -0.508 e. The molecular formula is C20H14F3N3OS. The summed E-state index contributed by atoms with van der Waals surface area (Å²) in [5, 5.41) is 10.8. The highest BCUT2D eigenvalue weighted by atomic mass is 32.2. The lowest BCUT2D eigenvalue weighted by molar-refractivity contribution is -0.137. The van der Waals surface area contributed by atoms with Crippen molar-refractivity contribution in [1.82, 2.24) is 14.5 Å². The van der Waals surface area contributed by atoms with Gasteiger partial charge in [-0.15, -0.1) is 0 Å². The number of alkyl halides is 3. The van der Waals surface area contributed by atoms with E-state index in [4.69, 9.17) is 0 Å². The van der Waals surface area contributed by atoms with E-state index in [2.05, 4.69) is 9.97 Å². The van der Waals surface area contributed by atoms with Crippen LogP contribution in [0.3, 0.4) is 0 Å². The van der Waals surface area contributed by atoms with E-state index in [1.165, 1.54) is 12.4 Å². The molecule has 0 amide bonds. The lowest BCUT2D eigenvalue weighted by Gasteiger charge is -2.08. The number of hydrogen-bond acceptors (Lipinski definition) is 4. The summed E-state index contributed by atoms with van der Waals surface area (Å²) < 4.78 is 40.8. The third-order valence-electron chi connectivity index (χ3n) is 4.33. The first-order valence-electron chi connectivity index (χ1n) is 8.28. The molecule has 0 saturated carbocycles. The first-order valence-corrected chi connectivity index (χ1v) is 9.09. The SMILES string of the molecule is Cn1c(-c2ccc(O)cc2)cc2c(Sc3cccc(C(F)(F)F)c3)ncnc21. The summed E-state index contributed by atoms with van der Waals surface area (Å²) in [6.45, 7) is 0. The zero-order valence-corrected chi connectivity index (χ0v) is 15.4. The van der Waals surface area contributed by atoms with Gasteiger partial charge in [-0.25, -0.2) is 9.97 Å². The van der Waals surface area contributed by atoms with Gasteiger partial charge in [-0.1, -0.05) is 17.8 Å². The van der Waals surface area contributed by atoms with Crippen LogP contribution in [-0.4, -0.2) is 19.6 Å². The van der Waals surface area contributed by atoms with Gasteiger partial charge in [0.05, 0.1) is 16.6 Å². The molecule has 0 fully saturated rings. The highest BCUT2D eigenvalue weighted by molar-refractivity contribution is 7.99. The number of nitrogens with zero attached hydrogens (tertiary/aromatic N) is 3. The summed E-state index contributed by atoms with van der Waals surface area (Å²) in [6, 6.07) is 13.8. The molecule has 0 atom stereocenters. The van der Waals surface area contributed by atoms with Crippen LogP contribution in [-0.2, 0) is 13.2 Å². The van der Waals surface area contributed by atoms with Crippen molar-refractivity contribution in [2.75, 3.05) is 0 Å². The standard InChI is InChI=1S/C20H14F3N3OS/c1-26-17(12-5-7-14(27)8-6-12)10-16-18(26)24-11-25-19(16)28-15-4-2-3-13(9-15)20(21,22)23/h2-11,27H,1H3. The number of rotatable bonds is 3. The molecule has 8 heteroatoms. The third kappa shape index (κ3) is 3.43. The largest absolute Gasteiger partial charge is 0.508 e. The van der Waals surface area contributed by atoms with Crippen molar-refractivity contribution in [2.45, 2.75) is 16.1 Å². The third-order valence-corrected chi connectivity index (χ3v) is 5.33. The molecular weight excluding hydrogens is 387 g/mol. The minimum absolute atomic E-state index is 0.170. The van der Waals surface area contributed by atoms with Crippen molar-refractivity contribution in [1.29, 1.82) is 0 Å². The molecule has 2 heterocycles. The maximum Gasteiger partial charge on any atom is 0.416 e. The Labute approximate surface area is 162 Å². The smallest absolute Gasteiger partial charge is 0.416 e. The molecule has 0 aliphatic heterocycles. The number of hydrogen-bond donors (Lipinski definition) is 1. The number of phenols is 1. The number of phenolic OH excluding ortho intramolecular Hbond substituents is 1. The molecule has 0 radical (unpaired) electrons. The molecule has 1 N–H and O–H groups in total. The van der Waals surface area contributed by atoms with E-state index >= 15 is 0 Å². The van der Waals surface area contributed by atoms with Crippen molar-refractivity contribution in [3.05, 3.63) is 66.5 Å². The molecule has 28 heavy (non-hydrogen) atoms. The first kappa shape index (κ1) is 18.4. The number of aryl methyl sites for hydroxylation is 1. The molecule has 2 aromatic carbocycles. The highest BCUT2D eigenvalue weighted by Gasteiger charge is 2.30. The van der Waals surface area contributed by atoms with Crippen molar-refractivity contribution in [2.24, 2.45) is 7.05 Å². The second kappa shape index (κ2) is 6.87. The fourth-order valence-electron chi connectivity index (χ4n) is 2.95. The Hall–Kier alpha value is -3.00. The molecule has 2 aromatic heterocycles. The molecule has 4 aromatic rings. The maximum atomic E-state index is 13.0. The average Bonchev–Trinajstić information content (AvgIpc) is 3.00. The number of halogens is 3. The summed E-state index contributed by atoms with van der Waals surface area (Å²) in [6.07, 6.45) is -2.99. The van der Waals surface area contributed by atoms with Gasteiger partial charge in [0.1, 0.15) is 22.7 Å². The van der Waals surface area contributed by atoms with Gasteiger partial charge in [-0.2, -0.15) is 13.2 Å². The predicted molar refractivity (Wildman–Crippen MR) is 101 cm³/mol. The van der Waals surface area contributed by atoms with E-state index in [1.54, 1.807) is 30.3 Å². The minimum atomic E-state index is -4.39. The summed E-state index contributed by atoms with van der Waals surface area (Å²) >= 11 is 1.16. The Morgan fingerprint density at radius 2 is 1.75 bits per heavy atom. The molecule has 0 aliphatic carbocycles. The molecule has 0 unspecified atom stereocenters. The Morgan fingerprint density at radius 3 is 2.46 bits per heavy atom. The van der Waals surface area contributed by atoms with Crippen molar-refractivity contribution in [3.63, 3.8) is 0 Å². The van der Waals surface area contributed by atoms with Crippen LogP contribution in [0.1, 0.15) is 5.56 Å². The van der Waals surface area contributed by atoms with Crippen LogP contribution in [0.25, 0.3) is 22.3 Å². The van der Waals surface area contributed by atoms with E-state index in [0.29, 0.717) is 15.6 Å². The molecule has 0 aliphatic rings.